The Morgan fingerprint density at radius 2 is 1.94 bits per heavy atom. The number of amides is 1. The Morgan fingerprint density at radius 1 is 1.29 bits per heavy atom. The van der Waals surface area contributed by atoms with Crippen molar-refractivity contribution in [2.75, 3.05) is 13.1 Å². The van der Waals surface area contributed by atoms with Gasteiger partial charge in [-0.05, 0) is 24.7 Å². The lowest BCUT2D eigenvalue weighted by Crippen LogP contribution is -2.31. The first-order valence-electron chi connectivity index (χ1n) is 6.43. The molecule has 4 nitrogen and oxygen atoms in total. The number of carbonyl (C=O) groups is 1. The van der Waals surface area contributed by atoms with Crippen molar-refractivity contribution in [3.8, 4) is 0 Å². The molecule has 0 aliphatic heterocycles. The summed E-state index contributed by atoms with van der Waals surface area (Å²) in [5, 5.41) is 5.76. The number of nitrogens with zero attached hydrogens (tertiary/aromatic N) is 1. The van der Waals surface area contributed by atoms with Gasteiger partial charge in [0.05, 0.1) is 6.54 Å². The van der Waals surface area contributed by atoms with Crippen molar-refractivity contribution in [1.29, 1.82) is 0 Å². The average molecular weight is 242 g/mol. The van der Waals surface area contributed by atoms with Crippen molar-refractivity contribution in [3.63, 3.8) is 0 Å². The van der Waals surface area contributed by atoms with Gasteiger partial charge in [0.1, 0.15) is 0 Å². The molecule has 0 radical (unpaired) electrons. The fourth-order valence-corrected chi connectivity index (χ4v) is 1.49. The zero-order valence-corrected chi connectivity index (χ0v) is 11.6. The second-order valence-electron chi connectivity index (χ2n) is 5.85. The highest BCUT2D eigenvalue weighted by Crippen LogP contribution is 2.17. The van der Waals surface area contributed by atoms with Gasteiger partial charge in [0.25, 0.3) is 0 Å². The Hall–Kier alpha value is -0.930. The maximum Gasteiger partial charge on any atom is 0.222 e. The van der Waals surface area contributed by atoms with Crippen molar-refractivity contribution in [2.45, 2.75) is 53.4 Å². The molecule has 17 heavy (non-hydrogen) atoms. The second-order valence-corrected chi connectivity index (χ2v) is 5.85. The number of hydrogen-bond donors (Lipinski definition) is 1. The van der Waals surface area contributed by atoms with Gasteiger partial charge < -0.3 is 5.32 Å². The average Bonchev–Trinajstić information content (AvgIpc) is 2.22. The summed E-state index contributed by atoms with van der Waals surface area (Å²) in [4.78, 5) is 21.6. The highest BCUT2D eigenvalue weighted by molar-refractivity contribution is 5.78. The molecule has 0 aromatic carbocycles. The molecule has 100 valence electrons. The van der Waals surface area contributed by atoms with E-state index in [1.165, 1.54) is 0 Å². The molecule has 0 aromatic rings. The SMILES string of the molecule is C[C@H](CCCCN=O)C(=O)NCCC(C)(C)C. The predicted octanol–water partition coefficient (Wildman–Crippen LogP) is 3.11. The van der Waals surface area contributed by atoms with E-state index in [0.717, 1.165) is 32.2 Å². The van der Waals surface area contributed by atoms with Crippen LogP contribution >= 0.6 is 0 Å². The maximum atomic E-state index is 11.7. The Morgan fingerprint density at radius 3 is 2.47 bits per heavy atom. The Balaban J connectivity index is 3.64. The fourth-order valence-electron chi connectivity index (χ4n) is 1.49. The lowest BCUT2D eigenvalue weighted by molar-refractivity contribution is -0.124. The fraction of sp³-hybridized carbons (Fsp3) is 0.923. The zero-order valence-electron chi connectivity index (χ0n) is 11.6. The number of nitrogens with one attached hydrogen (secondary N) is 1. The minimum Gasteiger partial charge on any atom is -0.356 e. The molecule has 0 spiro atoms. The van der Waals surface area contributed by atoms with Crippen LogP contribution in [0.1, 0.15) is 53.4 Å². The number of nitroso groups, excluding NO2 is 1. The molecule has 4 heteroatoms. The molecule has 0 aromatic heterocycles. The summed E-state index contributed by atoms with van der Waals surface area (Å²) in [6.45, 7) is 9.51. The van der Waals surface area contributed by atoms with Gasteiger partial charge in [-0.3, -0.25) is 4.79 Å². The second kappa shape index (κ2) is 8.20. The standard InChI is InChI=1S/C13H26N2O2/c1-11(7-5-6-9-15-17)12(16)14-10-8-13(2,3)4/h11H,5-10H2,1-4H3,(H,14,16)/t11-/m1/s1. The summed E-state index contributed by atoms with van der Waals surface area (Å²) < 4.78 is 0. The number of hydrogen-bond acceptors (Lipinski definition) is 3. The summed E-state index contributed by atoms with van der Waals surface area (Å²) in [7, 11) is 0. The molecular weight excluding hydrogens is 216 g/mol. The van der Waals surface area contributed by atoms with Crippen LogP contribution in [0.25, 0.3) is 0 Å². The van der Waals surface area contributed by atoms with E-state index in [2.05, 4.69) is 31.3 Å². The molecule has 1 atom stereocenters. The maximum absolute atomic E-state index is 11.7. The van der Waals surface area contributed by atoms with Gasteiger partial charge in [-0.1, -0.05) is 39.3 Å². The summed E-state index contributed by atoms with van der Waals surface area (Å²) in [5.41, 5.74) is 0.256. The van der Waals surface area contributed by atoms with Gasteiger partial charge in [0.15, 0.2) is 0 Å². The van der Waals surface area contributed by atoms with E-state index in [1.807, 2.05) is 6.92 Å². The van der Waals surface area contributed by atoms with Crippen LogP contribution in [0.4, 0.5) is 0 Å². The van der Waals surface area contributed by atoms with Crippen molar-refractivity contribution < 1.29 is 4.79 Å². The molecule has 1 N–H and O–H groups in total. The minimum atomic E-state index is 0.0293. The minimum absolute atomic E-state index is 0.0293. The van der Waals surface area contributed by atoms with Crippen LogP contribution in [0.3, 0.4) is 0 Å². The Kier molecular flexibility index (Phi) is 7.75. The molecule has 0 heterocycles. The van der Waals surface area contributed by atoms with Crippen LogP contribution in [0.2, 0.25) is 0 Å². The third-order valence-electron chi connectivity index (χ3n) is 2.76. The van der Waals surface area contributed by atoms with E-state index in [4.69, 9.17) is 0 Å². The Bertz CT molecular complexity index is 234. The molecule has 0 rings (SSSR count). The normalized spacial score (nSPS) is 13.2. The van der Waals surface area contributed by atoms with Crippen molar-refractivity contribution in [2.24, 2.45) is 16.5 Å². The summed E-state index contributed by atoms with van der Waals surface area (Å²) >= 11 is 0. The highest BCUT2D eigenvalue weighted by Gasteiger charge is 2.14. The summed E-state index contributed by atoms with van der Waals surface area (Å²) in [6, 6.07) is 0. The van der Waals surface area contributed by atoms with E-state index in [-0.39, 0.29) is 17.2 Å². The van der Waals surface area contributed by atoms with Gasteiger partial charge in [-0.15, -0.1) is 0 Å². The summed E-state index contributed by atoms with van der Waals surface area (Å²) in [5.74, 6) is 0.148. The predicted molar refractivity (Wildman–Crippen MR) is 70.8 cm³/mol. The van der Waals surface area contributed by atoms with Crippen LogP contribution in [0.5, 0.6) is 0 Å². The lowest BCUT2D eigenvalue weighted by atomic mass is 9.92. The number of unbranched alkanes of at least 4 members (excludes halogenated alkanes) is 1. The van der Waals surface area contributed by atoms with Crippen molar-refractivity contribution in [3.05, 3.63) is 4.91 Å². The third kappa shape index (κ3) is 9.97. The zero-order chi connectivity index (χ0) is 13.3. The third-order valence-corrected chi connectivity index (χ3v) is 2.76. The summed E-state index contributed by atoms with van der Waals surface area (Å²) in [6.07, 6.45) is 3.49. The molecule has 1 amide bonds. The van der Waals surface area contributed by atoms with Gasteiger partial charge in [-0.25, -0.2) is 0 Å². The van der Waals surface area contributed by atoms with Crippen LogP contribution in [0.15, 0.2) is 5.18 Å². The molecule has 0 aliphatic carbocycles. The topological polar surface area (TPSA) is 58.5 Å². The van der Waals surface area contributed by atoms with E-state index >= 15 is 0 Å². The molecule has 0 saturated carbocycles. The van der Waals surface area contributed by atoms with Crippen LogP contribution in [-0.4, -0.2) is 19.0 Å². The van der Waals surface area contributed by atoms with E-state index in [9.17, 15) is 9.70 Å². The largest absolute Gasteiger partial charge is 0.356 e. The first kappa shape index (κ1) is 16.1. The van der Waals surface area contributed by atoms with Crippen LogP contribution in [0, 0.1) is 16.2 Å². The van der Waals surface area contributed by atoms with Gasteiger partial charge in [0, 0.05) is 12.5 Å². The molecule has 0 aliphatic rings. The first-order chi connectivity index (χ1) is 7.87. The van der Waals surface area contributed by atoms with Gasteiger partial charge >= 0.3 is 0 Å². The lowest BCUT2D eigenvalue weighted by Gasteiger charge is -2.19. The quantitative estimate of drug-likeness (QED) is 0.525. The molecular formula is C13H26N2O2. The molecule has 0 fully saturated rings. The smallest absolute Gasteiger partial charge is 0.222 e. The molecule has 0 bridgehead atoms. The van der Waals surface area contributed by atoms with Gasteiger partial charge in [-0.2, -0.15) is 4.91 Å². The Labute approximate surface area is 105 Å². The van der Waals surface area contributed by atoms with Crippen molar-refractivity contribution >= 4 is 5.91 Å². The highest BCUT2D eigenvalue weighted by atomic mass is 16.3. The van der Waals surface area contributed by atoms with Crippen LogP contribution < -0.4 is 5.32 Å². The van der Waals surface area contributed by atoms with Crippen molar-refractivity contribution in [1.82, 2.24) is 5.32 Å². The van der Waals surface area contributed by atoms with Gasteiger partial charge in [0.2, 0.25) is 5.91 Å². The van der Waals surface area contributed by atoms with E-state index < -0.39 is 0 Å². The number of rotatable bonds is 8. The first-order valence-corrected chi connectivity index (χ1v) is 6.43. The monoisotopic (exact) mass is 242 g/mol. The van der Waals surface area contributed by atoms with E-state index in [1.54, 1.807) is 0 Å². The molecule has 0 unspecified atom stereocenters. The number of carbonyl (C=O) groups excluding carboxylic acids is 1. The van der Waals surface area contributed by atoms with Crippen LogP contribution in [-0.2, 0) is 4.79 Å². The van der Waals surface area contributed by atoms with E-state index in [0.29, 0.717) is 6.54 Å². The molecule has 0 saturated heterocycles.